The van der Waals surface area contributed by atoms with Crippen LogP contribution in [0.3, 0.4) is 0 Å². The molecule has 112 valence electrons. The molecule has 21 heavy (non-hydrogen) atoms. The van der Waals surface area contributed by atoms with E-state index in [4.69, 9.17) is 10.5 Å². The molecule has 0 spiro atoms. The van der Waals surface area contributed by atoms with Gasteiger partial charge in [-0.25, -0.2) is 4.98 Å². The van der Waals surface area contributed by atoms with Gasteiger partial charge >= 0.3 is 0 Å². The van der Waals surface area contributed by atoms with Crippen molar-refractivity contribution in [3.05, 3.63) is 45.4 Å². The van der Waals surface area contributed by atoms with Crippen molar-refractivity contribution in [1.82, 2.24) is 4.98 Å². The summed E-state index contributed by atoms with van der Waals surface area (Å²) in [5.74, 6) is 1.45. The molecule has 1 aliphatic carbocycles. The van der Waals surface area contributed by atoms with Gasteiger partial charge in [0.2, 0.25) is 0 Å². The molecule has 3 rings (SSSR count). The SMILES string of the molecule is CC(C)c1nc(COc2cccc3c2CCCC3N)cs1. The second-order valence-electron chi connectivity index (χ2n) is 5.94. The van der Waals surface area contributed by atoms with Crippen LogP contribution in [0.2, 0.25) is 0 Å². The summed E-state index contributed by atoms with van der Waals surface area (Å²) in [5, 5.41) is 3.27. The molecular weight excluding hydrogens is 280 g/mol. The van der Waals surface area contributed by atoms with Gasteiger partial charge in [0.1, 0.15) is 12.4 Å². The molecule has 1 aliphatic rings. The van der Waals surface area contributed by atoms with Crippen molar-refractivity contribution in [2.75, 3.05) is 0 Å². The summed E-state index contributed by atoms with van der Waals surface area (Å²) < 4.78 is 6.02. The summed E-state index contributed by atoms with van der Waals surface area (Å²) in [6.07, 6.45) is 3.27. The standard InChI is InChI=1S/C17H22N2OS/c1-11(2)17-19-12(10-21-17)9-20-16-8-4-5-13-14(16)6-3-7-15(13)18/h4-5,8,10-11,15H,3,6-7,9,18H2,1-2H3. The fourth-order valence-electron chi connectivity index (χ4n) is 2.79. The van der Waals surface area contributed by atoms with E-state index in [1.807, 2.05) is 12.1 Å². The van der Waals surface area contributed by atoms with Gasteiger partial charge in [0.25, 0.3) is 0 Å². The van der Waals surface area contributed by atoms with Crippen LogP contribution >= 0.6 is 11.3 Å². The molecule has 1 aromatic heterocycles. The van der Waals surface area contributed by atoms with E-state index in [0.717, 1.165) is 30.7 Å². The lowest BCUT2D eigenvalue weighted by Crippen LogP contribution is -2.18. The van der Waals surface area contributed by atoms with Gasteiger partial charge in [-0.15, -0.1) is 11.3 Å². The zero-order valence-corrected chi connectivity index (χ0v) is 13.5. The summed E-state index contributed by atoms with van der Waals surface area (Å²) >= 11 is 1.71. The average Bonchev–Trinajstić information content (AvgIpc) is 2.95. The molecule has 0 amide bonds. The molecule has 0 bridgehead atoms. The highest BCUT2D eigenvalue weighted by molar-refractivity contribution is 7.09. The number of hydrogen-bond acceptors (Lipinski definition) is 4. The average molecular weight is 302 g/mol. The Bertz CT molecular complexity index is 621. The van der Waals surface area contributed by atoms with E-state index in [9.17, 15) is 0 Å². The number of hydrogen-bond donors (Lipinski definition) is 1. The molecule has 1 unspecified atom stereocenters. The van der Waals surface area contributed by atoms with Gasteiger partial charge in [-0.05, 0) is 36.5 Å². The number of aromatic nitrogens is 1. The van der Waals surface area contributed by atoms with Gasteiger partial charge in [0.15, 0.2) is 0 Å². The first kappa shape index (κ1) is 14.5. The van der Waals surface area contributed by atoms with E-state index in [0.29, 0.717) is 12.5 Å². The molecule has 4 heteroatoms. The minimum atomic E-state index is 0.157. The highest BCUT2D eigenvalue weighted by atomic mass is 32.1. The molecule has 0 aliphatic heterocycles. The number of thiazole rings is 1. The number of nitrogens with zero attached hydrogens (tertiary/aromatic N) is 1. The number of rotatable bonds is 4. The van der Waals surface area contributed by atoms with Crippen LogP contribution in [0.25, 0.3) is 0 Å². The third-order valence-corrected chi connectivity index (χ3v) is 5.14. The van der Waals surface area contributed by atoms with Gasteiger partial charge < -0.3 is 10.5 Å². The highest BCUT2D eigenvalue weighted by Gasteiger charge is 2.20. The van der Waals surface area contributed by atoms with E-state index in [-0.39, 0.29) is 6.04 Å². The molecule has 0 fully saturated rings. The van der Waals surface area contributed by atoms with Crippen LogP contribution in [0.5, 0.6) is 5.75 Å². The number of fused-ring (bicyclic) bond motifs is 1. The smallest absolute Gasteiger partial charge is 0.131 e. The Morgan fingerprint density at radius 3 is 3.05 bits per heavy atom. The van der Waals surface area contributed by atoms with Crippen molar-refractivity contribution in [3.8, 4) is 5.75 Å². The van der Waals surface area contributed by atoms with E-state index in [1.54, 1.807) is 11.3 Å². The molecular formula is C17H22N2OS. The fraction of sp³-hybridized carbons (Fsp3) is 0.471. The molecule has 1 heterocycles. The minimum Gasteiger partial charge on any atom is -0.487 e. The van der Waals surface area contributed by atoms with E-state index in [2.05, 4.69) is 30.3 Å². The van der Waals surface area contributed by atoms with Gasteiger partial charge in [-0.3, -0.25) is 0 Å². The normalized spacial score (nSPS) is 17.8. The van der Waals surface area contributed by atoms with Crippen LogP contribution in [0.4, 0.5) is 0 Å². The van der Waals surface area contributed by atoms with Crippen molar-refractivity contribution in [1.29, 1.82) is 0 Å². The number of benzene rings is 1. The summed E-state index contributed by atoms with van der Waals surface area (Å²) in [6, 6.07) is 6.38. The lowest BCUT2D eigenvalue weighted by Gasteiger charge is -2.24. The second-order valence-corrected chi connectivity index (χ2v) is 6.83. The molecule has 3 nitrogen and oxygen atoms in total. The van der Waals surface area contributed by atoms with Gasteiger partial charge in [-0.2, -0.15) is 0 Å². The third kappa shape index (κ3) is 3.11. The van der Waals surface area contributed by atoms with Crippen LogP contribution in [-0.4, -0.2) is 4.98 Å². The molecule has 0 saturated heterocycles. The Morgan fingerprint density at radius 2 is 2.29 bits per heavy atom. The topological polar surface area (TPSA) is 48.1 Å². The van der Waals surface area contributed by atoms with E-state index in [1.165, 1.54) is 16.1 Å². The minimum absolute atomic E-state index is 0.157. The van der Waals surface area contributed by atoms with E-state index >= 15 is 0 Å². The predicted octanol–water partition coefficient (Wildman–Crippen LogP) is 4.18. The Labute approximate surface area is 130 Å². The molecule has 2 N–H and O–H groups in total. The summed E-state index contributed by atoms with van der Waals surface area (Å²) in [5.41, 5.74) is 9.75. The summed E-state index contributed by atoms with van der Waals surface area (Å²) in [4.78, 5) is 4.62. The Hall–Kier alpha value is -1.39. The van der Waals surface area contributed by atoms with Gasteiger partial charge in [0.05, 0.1) is 10.7 Å². The first-order valence-corrected chi connectivity index (χ1v) is 8.47. The highest BCUT2D eigenvalue weighted by Crippen LogP contribution is 2.34. The molecule has 1 aromatic carbocycles. The first-order valence-electron chi connectivity index (χ1n) is 7.59. The zero-order chi connectivity index (χ0) is 14.8. The summed E-state index contributed by atoms with van der Waals surface area (Å²) in [7, 11) is 0. The quantitative estimate of drug-likeness (QED) is 0.921. The van der Waals surface area contributed by atoms with Crippen molar-refractivity contribution in [3.63, 3.8) is 0 Å². The van der Waals surface area contributed by atoms with Crippen molar-refractivity contribution in [2.45, 2.75) is 51.7 Å². The maximum Gasteiger partial charge on any atom is 0.131 e. The third-order valence-electron chi connectivity index (χ3n) is 3.95. The van der Waals surface area contributed by atoms with Gasteiger partial charge in [-0.1, -0.05) is 26.0 Å². The molecule has 2 aromatic rings. The largest absolute Gasteiger partial charge is 0.487 e. The molecule has 1 atom stereocenters. The van der Waals surface area contributed by atoms with Crippen LogP contribution in [0, 0.1) is 0 Å². The van der Waals surface area contributed by atoms with Gasteiger partial charge in [0, 0.05) is 17.3 Å². The number of ether oxygens (including phenoxy) is 1. The predicted molar refractivity (Wildman–Crippen MR) is 86.8 cm³/mol. The second kappa shape index (κ2) is 6.16. The number of nitrogens with two attached hydrogens (primary N) is 1. The first-order chi connectivity index (χ1) is 10.1. The van der Waals surface area contributed by atoms with Crippen LogP contribution in [-0.2, 0) is 13.0 Å². The Morgan fingerprint density at radius 1 is 1.43 bits per heavy atom. The van der Waals surface area contributed by atoms with Crippen molar-refractivity contribution >= 4 is 11.3 Å². The van der Waals surface area contributed by atoms with Crippen molar-refractivity contribution < 1.29 is 4.74 Å². The fourth-order valence-corrected chi connectivity index (χ4v) is 3.61. The maximum absolute atomic E-state index is 6.19. The van der Waals surface area contributed by atoms with Crippen LogP contribution in [0.15, 0.2) is 23.6 Å². The molecule has 0 radical (unpaired) electrons. The Balaban J connectivity index is 1.74. The van der Waals surface area contributed by atoms with E-state index < -0.39 is 0 Å². The molecule has 0 saturated carbocycles. The van der Waals surface area contributed by atoms with Crippen LogP contribution < -0.4 is 10.5 Å². The summed E-state index contributed by atoms with van der Waals surface area (Å²) in [6.45, 7) is 4.87. The maximum atomic E-state index is 6.19. The zero-order valence-electron chi connectivity index (χ0n) is 12.6. The lowest BCUT2D eigenvalue weighted by atomic mass is 9.87. The van der Waals surface area contributed by atoms with Crippen LogP contribution in [0.1, 0.15) is 60.5 Å². The Kier molecular flexibility index (Phi) is 4.27. The van der Waals surface area contributed by atoms with Crippen molar-refractivity contribution in [2.24, 2.45) is 5.73 Å². The lowest BCUT2D eigenvalue weighted by molar-refractivity contribution is 0.296. The monoisotopic (exact) mass is 302 g/mol.